The number of ether oxygens (including phenoxy) is 1. The Hall–Kier alpha value is -2.90. The number of hydrogen-bond acceptors (Lipinski definition) is 4. The van der Waals surface area contributed by atoms with Crippen LogP contribution in [0, 0.1) is 11.3 Å². The third kappa shape index (κ3) is 3.31. The van der Waals surface area contributed by atoms with E-state index >= 15 is 0 Å². The molecule has 1 aromatic heterocycles. The minimum absolute atomic E-state index is 0.305. The number of hydrogen-bond donors (Lipinski definition) is 0. The smallest absolute Gasteiger partial charge is 0.348 e. The van der Waals surface area contributed by atoms with E-state index in [1.807, 2.05) is 48.6 Å². The second-order valence-corrected chi connectivity index (χ2v) is 6.05. The maximum absolute atomic E-state index is 11.6. The second kappa shape index (κ2) is 6.47. The fraction of sp³-hybridized carbons (Fsp3) is 0.0526. The molecule has 3 rings (SSSR count). The lowest BCUT2D eigenvalue weighted by molar-refractivity contribution is 0.0606. The molecule has 0 N–H and O–H groups in total. The fourth-order valence-electron chi connectivity index (χ4n) is 2.23. The molecule has 3 nitrogen and oxygen atoms in total. The number of nitriles is 1. The molecule has 23 heavy (non-hydrogen) atoms. The van der Waals surface area contributed by atoms with Gasteiger partial charge in [0.25, 0.3) is 0 Å². The first kappa shape index (κ1) is 15.0. The first-order valence-electron chi connectivity index (χ1n) is 7.00. The van der Waals surface area contributed by atoms with Crippen LogP contribution in [0.1, 0.15) is 26.4 Å². The van der Waals surface area contributed by atoms with Crippen molar-refractivity contribution in [2.45, 2.75) is 0 Å². The summed E-state index contributed by atoms with van der Waals surface area (Å²) < 4.78 is 5.81. The third-order valence-electron chi connectivity index (χ3n) is 3.43. The summed E-state index contributed by atoms with van der Waals surface area (Å²) in [7, 11) is 1.39. The Bertz CT molecular complexity index is 930. The van der Waals surface area contributed by atoms with E-state index in [1.165, 1.54) is 18.4 Å². The molecule has 0 saturated heterocycles. The fourth-order valence-corrected chi connectivity index (χ4v) is 3.19. The highest BCUT2D eigenvalue weighted by molar-refractivity contribution is 7.20. The highest BCUT2D eigenvalue weighted by Gasteiger charge is 2.09. The summed E-state index contributed by atoms with van der Waals surface area (Å²) in [6.07, 6.45) is 4.01. The Morgan fingerprint density at radius 1 is 1.09 bits per heavy atom. The second-order valence-electron chi connectivity index (χ2n) is 4.97. The van der Waals surface area contributed by atoms with Gasteiger partial charge in [-0.25, -0.2) is 4.79 Å². The van der Waals surface area contributed by atoms with E-state index in [0.29, 0.717) is 10.4 Å². The average molecular weight is 319 g/mol. The largest absolute Gasteiger partial charge is 0.465 e. The lowest BCUT2D eigenvalue weighted by Crippen LogP contribution is -1.96. The average Bonchev–Trinajstić information content (AvgIpc) is 3.03. The molecule has 1 heterocycles. The van der Waals surface area contributed by atoms with Gasteiger partial charge in [-0.05, 0) is 46.8 Å². The standard InChI is InChI=1S/C19H13NO2S/c1-22-19(21)18-11-16-10-14(8-9-17(16)23-18)5-2-13-3-6-15(12-20)7-4-13/h2-11H,1H3. The minimum Gasteiger partial charge on any atom is -0.465 e. The maximum Gasteiger partial charge on any atom is 0.348 e. The molecule has 0 unspecified atom stereocenters. The molecule has 0 bridgehead atoms. The molecule has 3 aromatic rings. The Morgan fingerprint density at radius 2 is 1.78 bits per heavy atom. The zero-order valence-electron chi connectivity index (χ0n) is 12.4. The van der Waals surface area contributed by atoms with E-state index < -0.39 is 0 Å². The number of carbonyl (C=O) groups is 1. The lowest BCUT2D eigenvalue weighted by atomic mass is 10.1. The number of rotatable bonds is 3. The summed E-state index contributed by atoms with van der Waals surface area (Å²) in [6.45, 7) is 0. The van der Waals surface area contributed by atoms with E-state index in [2.05, 4.69) is 6.07 Å². The summed E-state index contributed by atoms with van der Waals surface area (Å²) in [5, 5.41) is 9.82. The van der Waals surface area contributed by atoms with Gasteiger partial charge >= 0.3 is 5.97 Å². The van der Waals surface area contributed by atoms with Crippen LogP contribution in [0.4, 0.5) is 0 Å². The highest BCUT2D eigenvalue weighted by atomic mass is 32.1. The van der Waals surface area contributed by atoms with Crippen LogP contribution in [-0.4, -0.2) is 13.1 Å². The maximum atomic E-state index is 11.6. The number of fused-ring (bicyclic) bond motifs is 1. The molecule has 0 saturated carbocycles. The van der Waals surface area contributed by atoms with Gasteiger partial charge in [0, 0.05) is 4.70 Å². The van der Waals surface area contributed by atoms with Crippen molar-refractivity contribution in [1.82, 2.24) is 0 Å². The van der Waals surface area contributed by atoms with Crippen LogP contribution in [0.25, 0.3) is 22.2 Å². The lowest BCUT2D eigenvalue weighted by Gasteiger charge is -1.96. The predicted molar refractivity (Wildman–Crippen MR) is 93.2 cm³/mol. The third-order valence-corrected chi connectivity index (χ3v) is 4.53. The Balaban J connectivity index is 1.86. The van der Waals surface area contributed by atoms with Gasteiger partial charge in [0.1, 0.15) is 4.88 Å². The number of nitrogens with zero attached hydrogens (tertiary/aromatic N) is 1. The van der Waals surface area contributed by atoms with Crippen molar-refractivity contribution in [3.63, 3.8) is 0 Å². The molecule has 4 heteroatoms. The quantitative estimate of drug-likeness (QED) is 0.518. The normalized spacial score (nSPS) is 10.8. The number of carbonyl (C=O) groups excluding carboxylic acids is 1. The van der Waals surface area contributed by atoms with Gasteiger partial charge in [0.05, 0.1) is 18.7 Å². The van der Waals surface area contributed by atoms with Crippen molar-refractivity contribution >= 4 is 39.5 Å². The van der Waals surface area contributed by atoms with Crippen LogP contribution in [-0.2, 0) is 4.74 Å². The molecule has 0 fully saturated rings. The van der Waals surface area contributed by atoms with Crippen LogP contribution in [0.2, 0.25) is 0 Å². The van der Waals surface area contributed by atoms with E-state index in [-0.39, 0.29) is 5.97 Å². The molecule has 2 aromatic carbocycles. The van der Waals surface area contributed by atoms with Gasteiger partial charge < -0.3 is 4.74 Å². The van der Waals surface area contributed by atoms with Crippen molar-refractivity contribution in [3.8, 4) is 6.07 Å². The van der Waals surface area contributed by atoms with Crippen LogP contribution in [0.5, 0.6) is 0 Å². The summed E-state index contributed by atoms with van der Waals surface area (Å²) in [4.78, 5) is 12.2. The first-order chi connectivity index (χ1) is 11.2. The molecule has 0 aliphatic carbocycles. The van der Waals surface area contributed by atoms with Crippen LogP contribution < -0.4 is 0 Å². The highest BCUT2D eigenvalue weighted by Crippen LogP contribution is 2.27. The Morgan fingerprint density at radius 3 is 2.48 bits per heavy atom. The molecule has 0 radical (unpaired) electrons. The number of esters is 1. The van der Waals surface area contributed by atoms with Crippen LogP contribution in [0.15, 0.2) is 48.5 Å². The molecule has 0 amide bonds. The van der Waals surface area contributed by atoms with Crippen molar-refractivity contribution in [2.24, 2.45) is 0 Å². The van der Waals surface area contributed by atoms with Gasteiger partial charge in [-0.15, -0.1) is 11.3 Å². The number of benzene rings is 2. The molecular formula is C19H13NO2S. The summed E-state index contributed by atoms with van der Waals surface area (Å²) in [5.41, 5.74) is 2.73. The Kier molecular flexibility index (Phi) is 4.22. The molecule has 0 spiro atoms. The van der Waals surface area contributed by atoms with Crippen molar-refractivity contribution < 1.29 is 9.53 Å². The minimum atomic E-state index is -0.305. The van der Waals surface area contributed by atoms with Crippen molar-refractivity contribution in [2.75, 3.05) is 7.11 Å². The summed E-state index contributed by atoms with van der Waals surface area (Å²) in [5.74, 6) is -0.305. The number of thiophene rings is 1. The van der Waals surface area contributed by atoms with Gasteiger partial charge in [-0.1, -0.05) is 30.4 Å². The SMILES string of the molecule is COC(=O)c1cc2cc(C=Cc3ccc(C#N)cc3)ccc2s1. The van der Waals surface area contributed by atoms with Crippen LogP contribution >= 0.6 is 11.3 Å². The summed E-state index contributed by atoms with van der Waals surface area (Å²) >= 11 is 1.43. The summed E-state index contributed by atoms with van der Waals surface area (Å²) in [6, 6.07) is 17.4. The van der Waals surface area contributed by atoms with Gasteiger partial charge in [-0.3, -0.25) is 0 Å². The monoisotopic (exact) mass is 319 g/mol. The molecular weight excluding hydrogens is 306 g/mol. The van der Waals surface area contributed by atoms with Gasteiger partial charge in [-0.2, -0.15) is 5.26 Å². The molecule has 0 atom stereocenters. The van der Waals surface area contributed by atoms with Crippen molar-refractivity contribution in [3.05, 3.63) is 70.1 Å². The van der Waals surface area contributed by atoms with E-state index in [4.69, 9.17) is 10.00 Å². The van der Waals surface area contributed by atoms with E-state index in [1.54, 1.807) is 12.1 Å². The van der Waals surface area contributed by atoms with Gasteiger partial charge in [0.2, 0.25) is 0 Å². The Labute approximate surface area is 138 Å². The van der Waals surface area contributed by atoms with Gasteiger partial charge in [0.15, 0.2) is 0 Å². The number of methoxy groups -OCH3 is 1. The van der Waals surface area contributed by atoms with E-state index in [9.17, 15) is 4.79 Å². The molecule has 0 aliphatic rings. The zero-order chi connectivity index (χ0) is 16.2. The molecule has 112 valence electrons. The van der Waals surface area contributed by atoms with E-state index in [0.717, 1.165) is 21.2 Å². The topological polar surface area (TPSA) is 50.1 Å². The first-order valence-corrected chi connectivity index (χ1v) is 7.81. The van der Waals surface area contributed by atoms with Crippen LogP contribution in [0.3, 0.4) is 0 Å². The van der Waals surface area contributed by atoms with Crippen molar-refractivity contribution in [1.29, 1.82) is 5.26 Å². The molecule has 0 aliphatic heterocycles. The zero-order valence-corrected chi connectivity index (χ0v) is 13.3. The predicted octanol–water partition coefficient (Wildman–Crippen LogP) is 4.73.